The van der Waals surface area contributed by atoms with E-state index in [2.05, 4.69) is 4.98 Å². The fraction of sp³-hybridized carbons (Fsp3) is 0.147. The first kappa shape index (κ1) is 26.1. The smallest absolute Gasteiger partial charge is 0.270 e. The Morgan fingerprint density at radius 1 is 0.878 bits per heavy atom. The van der Waals surface area contributed by atoms with E-state index in [9.17, 15) is 9.59 Å². The monoisotopic (exact) mass is 542 g/mol. The molecule has 2 amide bonds. The zero-order valence-corrected chi connectivity index (χ0v) is 23.0. The molecule has 7 nitrogen and oxygen atoms in total. The molecule has 7 heteroatoms. The maximum absolute atomic E-state index is 14.0. The summed E-state index contributed by atoms with van der Waals surface area (Å²) in [6.07, 6.45) is 3.49. The van der Waals surface area contributed by atoms with E-state index < -0.39 is 0 Å². The molecule has 0 saturated heterocycles. The average molecular weight is 543 g/mol. The Hall–Kier alpha value is -5.17. The normalized spacial score (nSPS) is 12.2. The largest absolute Gasteiger partial charge is 0.496 e. The molecule has 0 unspecified atom stereocenters. The van der Waals surface area contributed by atoms with Crippen LogP contribution in [-0.4, -0.2) is 40.4 Å². The molecule has 6 rings (SSSR count). The van der Waals surface area contributed by atoms with Crippen LogP contribution in [0.5, 0.6) is 5.75 Å². The van der Waals surface area contributed by atoms with Crippen molar-refractivity contribution in [2.75, 3.05) is 19.1 Å². The minimum atomic E-state index is -0.0970. The standard InChI is InChI=1S/C34H30N4O3/c1-36(21-24-8-7-19-35-20-24)34(40)31-18-17-28-23-38(30-11-5-3-9-27(30)22-37(28)31)33(39)26-15-13-25(14-16-26)29-10-4-6-12-32(29)41-2/h3-20H,21-23H2,1-2H3. The summed E-state index contributed by atoms with van der Waals surface area (Å²) in [6.45, 7) is 1.31. The number of methoxy groups -OCH3 is 1. The van der Waals surface area contributed by atoms with Gasteiger partial charge in [0, 0.05) is 48.5 Å². The van der Waals surface area contributed by atoms with E-state index in [0.29, 0.717) is 30.9 Å². The first-order valence-electron chi connectivity index (χ1n) is 13.5. The zero-order chi connectivity index (χ0) is 28.3. The number of nitrogens with zero attached hydrogens (tertiary/aromatic N) is 4. The highest BCUT2D eigenvalue weighted by Gasteiger charge is 2.28. The van der Waals surface area contributed by atoms with Crippen molar-refractivity contribution in [3.63, 3.8) is 0 Å². The van der Waals surface area contributed by atoms with E-state index in [1.165, 1.54) is 0 Å². The second kappa shape index (κ2) is 11.1. The van der Waals surface area contributed by atoms with Crippen LogP contribution in [0.1, 0.15) is 37.7 Å². The van der Waals surface area contributed by atoms with Crippen LogP contribution in [0.4, 0.5) is 5.69 Å². The van der Waals surface area contributed by atoms with Gasteiger partial charge >= 0.3 is 0 Å². The summed E-state index contributed by atoms with van der Waals surface area (Å²) in [7, 11) is 3.45. The molecule has 0 saturated carbocycles. The van der Waals surface area contributed by atoms with Gasteiger partial charge in [-0.15, -0.1) is 0 Å². The molecule has 2 aromatic heterocycles. The van der Waals surface area contributed by atoms with Gasteiger partial charge in [0.15, 0.2) is 0 Å². The predicted molar refractivity (Wildman–Crippen MR) is 159 cm³/mol. The highest BCUT2D eigenvalue weighted by atomic mass is 16.5. The molecule has 0 aliphatic carbocycles. The molecule has 0 N–H and O–H groups in total. The fourth-order valence-corrected chi connectivity index (χ4v) is 5.39. The summed E-state index contributed by atoms with van der Waals surface area (Å²) in [6, 6.07) is 31.0. The predicted octanol–water partition coefficient (Wildman–Crippen LogP) is 6.04. The number of hydrogen-bond acceptors (Lipinski definition) is 4. The Morgan fingerprint density at radius 3 is 2.44 bits per heavy atom. The van der Waals surface area contributed by atoms with E-state index in [1.807, 2.05) is 102 Å². The van der Waals surface area contributed by atoms with Gasteiger partial charge in [0.1, 0.15) is 11.4 Å². The molecule has 0 atom stereocenters. The summed E-state index contributed by atoms with van der Waals surface area (Å²) in [5.74, 6) is 0.606. The van der Waals surface area contributed by atoms with Gasteiger partial charge in [-0.2, -0.15) is 0 Å². The number of fused-ring (bicyclic) bond motifs is 2. The number of carbonyl (C=O) groups excluding carboxylic acids is 2. The van der Waals surface area contributed by atoms with Crippen LogP contribution < -0.4 is 9.64 Å². The van der Waals surface area contributed by atoms with Crippen molar-refractivity contribution >= 4 is 17.5 Å². The summed E-state index contributed by atoms with van der Waals surface area (Å²) < 4.78 is 7.54. The van der Waals surface area contributed by atoms with E-state index >= 15 is 0 Å². The molecular formula is C34H30N4O3. The third kappa shape index (κ3) is 5.10. The molecule has 1 aliphatic heterocycles. The van der Waals surface area contributed by atoms with Gasteiger partial charge in [-0.25, -0.2) is 0 Å². The van der Waals surface area contributed by atoms with Crippen LogP contribution in [-0.2, 0) is 19.6 Å². The van der Waals surface area contributed by atoms with Crippen molar-refractivity contribution in [2.24, 2.45) is 0 Å². The molecule has 0 radical (unpaired) electrons. The Morgan fingerprint density at radius 2 is 1.66 bits per heavy atom. The lowest BCUT2D eigenvalue weighted by atomic mass is 10.0. The number of ether oxygens (including phenoxy) is 1. The van der Waals surface area contributed by atoms with Gasteiger partial charge in [0.25, 0.3) is 11.8 Å². The third-order valence-corrected chi connectivity index (χ3v) is 7.51. The van der Waals surface area contributed by atoms with Crippen molar-refractivity contribution in [2.45, 2.75) is 19.6 Å². The van der Waals surface area contributed by atoms with E-state index in [4.69, 9.17) is 4.74 Å². The second-order valence-corrected chi connectivity index (χ2v) is 10.1. The SMILES string of the molecule is COc1ccccc1-c1ccc(C(=O)N2Cc3ccc(C(=O)N(C)Cc4cccnc4)n3Cc3ccccc32)cc1. The number of carbonyl (C=O) groups is 2. The lowest BCUT2D eigenvalue weighted by molar-refractivity contribution is 0.0774. The molecule has 1 aliphatic rings. The van der Waals surface area contributed by atoms with Crippen LogP contribution in [0.15, 0.2) is 109 Å². The number of benzene rings is 3. The summed E-state index contributed by atoms with van der Waals surface area (Å²) in [4.78, 5) is 35.2. The summed E-state index contributed by atoms with van der Waals surface area (Å²) in [5, 5.41) is 0. The highest BCUT2D eigenvalue weighted by Crippen LogP contribution is 2.32. The Labute approximate surface area is 239 Å². The van der Waals surface area contributed by atoms with Crippen LogP contribution in [0.3, 0.4) is 0 Å². The van der Waals surface area contributed by atoms with E-state index in [1.54, 1.807) is 36.4 Å². The fourth-order valence-electron chi connectivity index (χ4n) is 5.39. The molecule has 0 spiro atoms. The minimum Gasteiger partial charge on any atom is -0.496 e. The quantitative estimate of drug-likeness (QED) is 0.262. The van der Waals surface area contributed by atoms with Crippen LogP contribution in [0.2, 0.25) is 0 Å². The number of amides is 2. The summed E-state index contributed by atoms with van der Waals surface area (Å²) >= 11 is 0. The van der Waals surface area contributed by atoms with Crippen molar-refractivity contribution in [3.05, 3.63) is 138 Å². The lowest BCUT2D eigenvalue weighted by Gasteiger charge is -2.23. The maximum Gasteiger partial charge on any atom is 0.270 e. The topological polar surface area (TPSA) is 67.7 Å². The molecule has 5 aromatic rings. The molecule has 3 aromatic carbocycles. The van der Waals surface area contributed by atoms with E-state index in [-0.39, 0.29) is 11.8 Å². The van der Waals surface area contributed by atoms with Crippen molar-refractivity contribution < 1.29 is 14.3 Å². The lowest BCUT2D eigenvalue weighted by Crippen LogP contribution is -2.31. The molecule has 204 valence electrons. The minimum absolute atomic E-state index is 0.0794. The molecule has 0 bridgehead atoms. The number of pyridine rings is 1. The van der Waals surface area contributed by atoms with Crippen molar-refractivity contribution in [1.82, 2.24) is 14.5 Å². The summed E-state index contributed by atoms with van der Waals surface area (Å²) in [5.41, 5.74) is 6.81. The number of hydrogen-bond donors (Lipinski definition) is 0. The average Bonchev–Trinajstić information content (AvgIpc) is 3.33. The first-order valence-corrected chi connectivity index (χ1v) is 13.5. The van der Waals surface area contributed by atoms with Gasteiger partial charge in [-0.1, -0.05) is 54.6 Å². The van der Waals surface area contributed by atoms with Crippen molar-refractivity contribution in [1.29, 1.82) is 0 Å². The van der Waals surface area contributed by atoms with Crippen molar-refractivity contribution in [3.8, 4) is 16.9 Å². The molecule has 0 fully saturated rings. The van der Waals surface area contributed by atoms with Crippen LogP contribution in [0.25, 0.3) is 11.1 Å². The zero-order valence-electron chi connectivity index (χ0n) is 23.0. The van der Waals surface area contributed by atoms with Gasteiger partial charge < -0.3 is 19.1 Å². The van der Waals surface area contributed by atoms with Gasteiger partial charge in [-0.3, -0.25) is 14.6 Å². The Balaban J connectivity index is 1.30. The van der Waals surface area contributed by atoms with Gasteiger partial charge in [-0.05, 0) is 59.2 Å². The Kier molecular flexibility index (Phi) is 7.08. The first-order chi connectivity index (χ1) is 20.0. The van der Waals surface area contributed by atoms with Crippen LogP contribution in [0, 0.1) is 0 Å². The highest BCUT2D eigenvalue weighted by molar-refractivity contribution is 6.07. The maximum atomic E-state index is 14.0. The molecule has 3 heterocycles. The van der Waals surface area contributed by atoms with E-state index in [0.717, 1.165) is 39.4 Å². The second-order valence-electron chi connectivity index (χ2n) is 10.1. The molecule has 41 heavy (non-hydrogen) atoms. The third-order valence-electron chi connectivity index (χ3n) is 7.51. The number of anilines is 1. The number of aromatic nitrogens is 2. The molecular weight excluding hydrogens is 512 g/mol. The van der Waals surface area contributed by atoms with Gasteiger partial charge in [0.2, 0.25) is 0 Å². The number of para-hydroxylation sites is 2. The Bertz CT molecular complexity index is 1710. The number of rotatable bonds is 6. The van der Waals surface area contributed by atoms with Gasteiger partial charge in [0.05, 0.1) is 20.2 Å². The van der Waals surface area contributed by atoms with Crippen LogP contribution >= 0.6 is 0 Å².